The fourth-order valence-corrected chi connectivity index (χ4v) is 6.84. The van der Waals surface area contributed by atoms with Gasteiger partial charge in [0, 0.05) is 65.3 Å². The smallest absolute Gasteiger partial charge is 0.243 e. The zero-order valence-electron chi connectivity index (χ0n) is 24.8. The molecule has 2 aromatic carbocycles. The van der Waals surface area contributed by atoms with Crippen molar-refractivity contribution in [2.75, 3.05) is 19.8 Å². The molecule has 2 amide bonds. The third-order valence-corrected chi connectivity index (χ3v) is 9.18. The van der Waals surface area contributed by atoms with Gasteiger partial charge in [-0.15, -0.1) is 0 Å². The number of likely N-dealkylation sites (N-methyl/N-ethyl adjacent to an activating group) is 1. The van der Waals surface area contributed by atoms with Crippen LogP contribution in [0.2, 0.25) is 0 Å². The SMILES string of the molecule is CCN(C(=O)[C@H](CN)NCON)[C@@H](Cc1c[nH]c2ccccc12)C(=O)NCc1cc(Br)cc(C)c1Sc1ncccc1CN. The van der Waals surface area contributed by atoms with Crippen molar-refractivity contribution < 1.29 is 14.4 Å². The van der Waals surface area contributed by atoms with E-state index in [1.807, 2.05) is 68.6 Å². The Hall–Kier alpha value is -3.30. The predicted molar refractivity (Wildman–Crippen MR) is 176 cm³/mol. The second kappa shape index (κ2) is 16.1. The second-order valence-electron chi connectivity index (χ2n) is 10.2. The van der Waals surface area contributed by atoms with Crippen LogP contribution in [-0.2, 0) is 33.9 Å². The minimum Gasteiger partial charge on any atom is -0.361 e. The molecule has 0 aliphatic carbocycles. The molecule has 44 heavy (non-hydrogen) atoms. The average Bonchev–Trinajstić information content (AvgIpc) is 3.44. The summed E-state index contributed by atoms with van der Waals surface area (Å²) < 4.78 is 0.892. The molecule has 0 aliphatic heterocycles. The molecule has 0 radical (unpaired) electrons. The standard InChI is InChI=1S/C31H39BrN8O3S/c1-3-40(31(42)26(15-34)39-18-43-35)27(13-21-16-37-25-9-5-4-8-24(21)25)29(41)38-17-22-12-23(32)11-19(2)28(22)44-30-20(14-33)7-6-10-36-30/h4-12,16,26-27,37,39H,3,13-15,17-18,33-35H2,1-2H3,(H,38,41)/t26-,27-/m0/s1. The van der Waals surface area contributed by atoms with E-state index in [1.165, 1.54) is 11.8 Å². The summed E-state index contributed by atoms with van der Waals surface area (Å²) in [4.78, 5) is 42.8. The lowest BCUT2D eigenvalue weighted by atomic mass is 10.0. The fraction of sp³-hybridized carbons (Fsp3) is 0.323. The van der Waals surface area contributed by atoms with Gasteiger partial charge in [-0.25, -0.2) is 10.9 Å². The third-order valence-electron chi connectivity index (χ3n) is 7.38. The lowest BCUT2D eigenvalue weighted by molar-refractivity contribution is -0.142. The van der Waals surface area contributed by atoms with Gasteiger partial charge in [-0.05, 0) is 60.4 Å². The number of aryl methyl sites for hydroxylation is 1. The first kappa shape index (κ1) is 33.6. The number of carbonyl (C=O) groups is 2. The Morgan fingerprint density at radius 1 is 1.14 bits per heavy atom. The van der Waals surface area contributed by atoms with Gasteiger partial charge in [0.05, 0.1) is 0 Å². The summed E-state index contributed by atoms with van der Waals surface area (Å²) in [6, 6.07) is 14.1. The number of pyridine rings is 1. The van der Waals surface area contributed by atoms with Gasteiger partial charge in [0.25, 0.3) is 0 Å². The number of rotatable bonds is 15. The first-order chi connectivity index (χ1) is 21.3. The number of hydrogen-bond donors (Lipinski definition) is 6. The predicted octanol–water partition coefficient (Wildman–Crippen LogP) is 3.08. The number of aromatic nitrogens is 2. The highest BCUT2D eigenvalue weighted by molar-refractivity contribution is 9.10. The molecule has 0 aliphatic rings. The minimum atomic E-state index is -0.815. The van der Waals surface area contributed by atoms with Crippen LogP contribution in [0, 0.1) is 6.92 Å². The van der Waals surface area contributed by atoms with Crippen LogP contribution >= 0.6 is 27.7 Å². The van der Waals surface area contributed by atoms with Gasteiger partial charge in [-0.3, -0.25) is 19.7 Å². The summed E-state index contributed by atoms with van der Waals surface area (Å²) in [7, 11) is 0. The largest absolute Gasteiger partial charge is 0.361 e. The summed E-state index contributed by atoms with van der Waals surface area (Å²) >= 11 is 5.13. The third kappa shape index (κ3) is 8.04. The number of fused-ring (bicyclic) bond motifs is 1. The molecular formula is C31H39BrN8O3S. The van der Waals surface area contributed by atoms with Crippen LogP contribution in [0.25, 0.3) is 10.9 Å². The summed E-state index contributed by atoms with van der Waals surface area (Å²) in [6.45, 7) is 4.71. The Bertz CT molecular complexity index is 1580. The molecule has 0 saturated heterocycles. The molecule has 234 valence electrons. The van der Waals surface area contributed by atoms with E-state index in [-0.39, 0.29) is 31.6 Å². The van der Waals surface area contributed by atoms with Crippen molar-refractivity contribution in [1.82, 2.24) is 25.5 Å². The van der Waals surface area contributed by atoms with Crippen LogP contribution in [0.15, 0.2) is 75.3 Å². The van der Waals surface area contributed by atoms with Gasteiger partial charge >= 0.3 is 0 Å². The molecule has 0 unspecified atom stereocenters. The number of hydrogen-bond acceptors (Lipinski definition) is 9. The maximum atomic E-state index is 14.1. The number of benzene rings is 2. The number of halogens is 1. The van der Waals surface area contributed by atoms with Crippen LogP contribution < -0.4 is 28.0 Å². The molecule has 4 aromatic rings. The van der Waals surface area contributed by atoms with E-state index in [1.54, 1.807) is 11.1 Å². The summed E-state index contributed by atoms with van der Waals surface area (Å²) in [5, 5.41) is 7.83. The van der Waals surface area contributed by atoms with Crippen molar-refractivity contribution in [1.29, 1.82) is 0 Å². The molecule has 2 heterocycles. The topological polar surface area (TPSA) is 177 Å². The molecule has 11 nitrogen and oxygen atoms in total. The Labute approximate surface area is 269 Å². The van der Waals surface area contributed by atoms with Gasteiger partial charge in [0.2, 0.25) is 11.8 Å². The maximum Gasteiger partial charge on any atom is 0.243 e. The average molecular weight is 684 g/mol. The van der Waals surface area contributed by atoms with Crippen LogP contribution in [0.4, 0.5) is 0 Å². The first-order valence-electron chi connectivity index (χ1n) is 14.3. The second-order valence-corrected chi connectivity index (χ2v) is 12.1. The molecular weight excluding hydrogens is 644 g/mol. The Morgan fingerprint density at radius 3 is 2.66 bits per heavy atom. The molecule has 0 fully saturated rings. The Balaban J connectivity index is 1.64. The zero-order valence-corrected chi connectivity index (χ0v) is 27.2. The number of para-hydroxylation sites is 1. The zero-order chi connectivity index (χ0) is 31.6. The minimum absolute atomic E-state index is 0.0102. The van der Waals surface area contributed by atoms with Crippen molar-refractivity contribution in [3.05, 3.63) is 87.7 Å². The van der Waals surface area contributed by atoms with E-state index in [4.69, 9.17) is 17.4 Å². The summed E-state index contributed by atoms with van der Waals surface area (Å²) in [5.74, 6) is 4.57. The van der Waals surface area contributed by atoms with Crippen molar-refractivity contribution in [3.8, 4) is 0 Å². The van der Waals surface area contributed by atoms with E-state index in [0.29, 0.717) is 19.5 Å². The molecule has 0 saturated carbocycles. The monoisotopic (exact) mass is 682 g/mol. The van der Waals surface area contributed by atoms with Crippen LogP contribution in [0.1, 0.15) is 29.2 Å². The number of H-pyrrole nitrogens is 1. The van der Waals surface area contributed by atoms with Crippen LogP contribution in [0.5, 0.6) is 0 Å². The van der Waals surface area contributed by atoms with Gasteiger partial charge in [0.1, 0.15) is 23.8 Å². The van der Waals surface area contributed by atoms with Crippen molar-refractivity contribution >= 4 is 50.4 Å². The molecule has 4 rings (SSSR count). The van der Waals surface area contributed by atoms with Crippen molar-refractivity contribution in [2.45, 2.75) is 55.4 Å². The number of nitrogens with one attached hydrogen (secondary N) is 3. The maximum absolute atomic E-state index is 14.1. The highest BCUT2D eigenvalue weighted by Gasteiger charge is 2.33. The fourth-order valence-electron chi connectivity index (χ4n) is 5.15. The van der Waals surface area contributed by atoms with E-state index in [9.17, 15) is 9.59 Å². The lowest BCUT2D eigenvalue weighted by Gasteiger charge is -2.33. The molecule has 2 atom stereocenters. The van der Waals surface area contributed by atoms with Gasteiger partial charge in [-0.1, -0.05) is 52.0 Å². The van der Waals surface area contributed by atoms with Crippen molar-refractivity contribution in [2.24, 2.45) is 17.4 Å². The number of amides is 2. The Morgan fingerprint density at radius 2 is 1.93 bits per heavy atom. The van der Waals surface area contributed by atoms with Crippen LogP contribution in [-0.4, -0.2) is 58.6 Å². The first-order valence-corrected chi connectivity index (χ1v) is 15.9. The number of aromatic amines is 1. The molecule has 0 spiro atoms. The van der Waals surface area contributed by atoms with E-state index < -0.39 is 12.1 Å². The van der Waals surface area contributed by atoms with Gasteiger partial charge < -0.3 is 26.7 Å². The van der Waals surface area contributed by atoms with Gasteiger partial charge in [0.15, 0.2) is 0 Å². The highest BCUT2D eigenvalue weighted by Crippen LogP contribution is 2.36. The number of nitrogens with zero attached hydrogens (tertiary/aromatic N) is 2. The summed E-state index contributed by atoms with van der Waals surface area (Å²) in [5.41, 5.74) is 16.7. The van der Waals surface area contributed by atoms with E-state index >= 15 is 0 Å². The van der Waals surface area contributed by atoms with Crippen molar-refractivity contribution in [3.63, 3.8) is 0 Å². The van der Waals surface area contributed by atoms with E-state index in [0.717, 1.165) is 47.6 Å². The Kier molecular flexibility index (Phi) is 12.3. The number of nitrogens with two attached hydrogens (primary N) is 3. The molecule has 13 heteroatoms. The molecule has 2 aromatic heterocycles. The van der Waals surface area contributed by atoms with Crippen LogP contribution in [0.3, 0.4) is 0 Å². The molecule has 9 N–H and O–H groups in total. The number of carbonyl (C=O) groups excluding carboxylic acids is 2. The molecule has 0 bridgehead atoms. The lowest BCUT2D eigenvalue weighted by Crippen LogP contribution is -2.57. The quantitative estimate of drug-likeness (QED) is 0.0812. The summed E-state index contributed by atoms with van der Waals surface area (Å²) in [6.07, 6.45) is 3.93. The highest BCUT2D eigenvalue weighted by atomic mass is 79.9. The van der Waals surface area contributed by atoms with Gasteiger partial charge in [-0.2, -0.15) is 0 Å². The normalized spacial score (nSPS) is 12.7. The van der Waals surface area contributed by atoms with E-state index in [2.05, 4.69) is 41.4 Å².